The molecule has 3 fully saturated rings. The molecule has 4 rings (SSSR count). The molecule has 1 aromatic heterocycles. The van der Waals surface area contributed by atoms with E-state index >= 15 is 0 Å². The van der Waals surface area contributed by atoms with Crippen LogP contribution in [0.15, 0.2) is 4.42 Å². The zero-order valence-corrected chi connectivity index (χ0v) is 14.9. The lowest BCUT2D eigenvalue weighted by Gasteiger charge is -2.27. The highest BCUT2D eigenvalue weighted by atomic mass is 32.3. The van der Waals surface area contributed by atoms with Crippen molar-refractivity contribution in [2.24, 2.45) is 5.92 Å². The molecule has 26 heavy (non-hydrogen) atoms. The quantitative estimate of drug-likeness (QED) is 0.632. The van der Waals surface area contributed by atoms with Crippen molar-refractivity contribution in [3.8, 4) is 0 Å². The Labute approximate surface area is 150 Å². The molecule has 2 N–H and O–H groups in total. The Morgan fingerprint density at radius 3 is 2.81 bits per heavy atom. The molecule has 144 valence electrons. The van der Waals surface area contributed by atoms with Crippen LogP contribution in [0, 0.1) is 5.92 Å². The zero-order valence-electron chi connectivity index (χ0n) is 14.1. The summed E-state index contributed by atoms with van der Waals surface area (Å²) in [4.78, 5) is 13.8. The number of hydrogen-bond acceptors (Lipinski definition) is 8. The van der Waals surface area contributed by atoms with Gasteiger partial charge in [-0.05, 0) is 44.7 Å². The summed E-state index contributed by atoms with van der Waals surface area (Å²) in [6.45, 7) is 2.42. The van der Waals surface area contributed by atoms with Crippen LogP contribution in [0.2, 0.25) is 0 Å². The molecular formula is C14H21N5O6S. The minimum atomic E-state index is -4.75. The molecule has 2 bridgehead atoms. The van der Waals surface area contributed by atoms with Gasteiger partial charge in [-0.1, -0.05) is 0 Å². The molecular weight excluding hydrogens is 366 g/mol. The van der Waals surface area contributed by atoms with Crippen molar-refractivity contribution in [2.45, 2.75) is 44.2 Å². The highest BCUT2D eigenvalue weighted by Crippen LogP contribution is 2.38. The number of hydroxylamine groups is 2. The molecule has 0 spiro atoms. The van der Waals surface area contributed by atoms with Gasteiger partial charge in [0.05, 0.1) is 6.04 Å². The SMILES string of the molecule is O=C1N2CC(CCC2c2nnc(CCCC3CNC3)o2)N1OS(=O)(=O)O. The first-order valence-corrected chi connectivity index (χ1v) is 10.1. The molecule has 2 amide bonds. The number of fused-ring (bicyclic) bond motifs is 2. The first-order chi connectivity index (χ1) is 12.4. The van der Waals surface area contributed by atoms with E-state index in [2.05, 4.69) is 19.8 Å². The van der Waals surface area contributed by atoms with E-state index in [0.29, 0.717) is 36.1 Å². The van der Waals surface area contributed by atoms with Crippen molar-refractivity contribution in [3.63, 3.8) is 0 Å². The maximum Gasteiger partial charge on any atom is 0.418 e. The Morgan fingerprint density at radius 2 is 2.12 bits per heavy atom. The first kappa shape index (κ1) is 17.6. The van der Waals surface area contributed by atoms with Gasteiger partial charge in [0.25, 0.3) is 0 Å². The van der Waals surface area contributed by atoms with Crippen molar-refractivity contribution < 1.29 is 26.5 Å². The summed E-state index contributed by atoms with van der Waals surface area (Å²) in [5.41, 5.74) is 0. The summed E-state index contributed by atoms with van der Waals surface area (Å²) in [5, 5.41) is 12.1. The minimum Gasteiger partial charge on any atom is -0.423 e. The number of amides is 2. The van der Waals surface area contributed by atoms with Crippen molar-refractivity contribution in [1.82, 2.24) is 25.5 Å². The van der Waals surface area contributed by atoms with Gasteiger partial charge in [0.2, 0.25) is 11.8 Å². The monoisotopic (exact) mass is 387 g/mol. The van der Waals surface area contributed by atoms with E-state index < -0.39 is 28.5 Å². The van der Waals surface area contributed by atoms with E-state index in [-0.39, 0.29) is 6.54 Å². The van der Waals surface area contributed by atoms with Crippen molar-refractivity contribution in [1.29, 1.82) is 0 Å². The van der Waals surface area contributed by atoms with Gasteiger partial charge in [0.1, 0.15) is 6.04 Å². The lowest BCUT2D eigenvalue weighted by atomic mass is 9.96. The Balaban J connectivity index is 1.38. The van der Waals surface area contributed by atoms with Gasteiger partial charge in [-0.15, -0.1) is 14.5 Å². The van der Waals surface area contributed by atoms with Crippen LogP contribution in [0.5, 0.6) is 0 Å². The van der Waals surface area contributed by atoms with Gasteiger partial charge < -0.3 is 14.6 Å². The smallest absolute Gasteiger partial charge is 0.418 e. The van der Waals surface area contributed by atoms with Gasteiger partial charge in [-0.2, -0.15) is 13.5 Å². The summed E-state index contributed by atoms with van der Waals surface area (Å²) in [7, 11) is -4.75. The van der Waals surface area contributed by atoms with E-state index in [4.69, 9.17) is 8.97 Å². The van der Waals surface area contributed by atoms with Crippen molar-refractivity contribution in [3.05, 3.63) is 11.8 Å². The molecule has 0 radical (unpaired) electrons. The molecule has 12 heteroatoms. The molecule has 4 heterocycles. The van der Waals surface area contributed by atoms with Crippen LogP contribution in [-0.2, 0) is 21.1 Å². The normalized spacial score (nSPS) is 26.4. The number of carbonyl (C=O) groups is 1. The predicted octanol–water partition coefficient (Wildman–Crippen LogP) is 0.287. The van der Waals surface area contributed by atoms with E-state index in [9.17, 15) is 13.2 Å². The molecule has 3 aliphatic rings. The molecule has 0 aliphatic carbocycles. The molecule has 2 atom stereocenters. The maximum atomic E-state index is 12.4. The molecule has 1 aromatic rings. The number of hydrogen-bond donors (Lipinski definition) is 2. The second kappa shape index (κ2) is 6.76. The molecule has 0 aromatic carbocycles. The maximum absolute atomic E-state index is 12.4. The van der Waals surface area contributed by atoms with Gasteiger partial charge in [-0.25, -0.2) is 4.79 Å². The highest BCUT2D eigenvalue weighted by molar-refractivity contribution is 7.80. The molecule has 0 saturated carbocycles. The minimum absolute atomic E-state index is 0.283. The third kappa shape index (κ3) is 3.54. The summed E-state index contributed by atoms with van der Waals surface area (Å²) in [5.74, 6) is 1.63. The number of carbonyl (C=O) groups excluding carboxylic acids is 1. The number of nitrogens with zero attached hydrogens (tertiary/aromatic N) is 4. The second-order valence-electron chi connectivity index (χ2n) is 6.96. The Bertz CT molecular complexity index is 779. The number of nitrogens with one attached hydrogen (secondary N) is 1. The summed E-state index contributed by atoms with van der Waals surface area (Å²) < 4.78 is 40.8. The largest absolute Gasteiger partial charge is 0.423 e. The van der Waals surface area contributed by atoms with Gasteiger partial charge in [-0.3, -0.25) is 4.55 Å². The van der Waals surface area contributed by atoms with E-state index in [1.54, 1.807) is 0 Å². The number of urea groups is 1. The first-order valence-electron chi connectivity index (χ1n) is 8.70. The number of rotatable bonds is 7. The van der Waals surface area contributed by atoms with E-state index in [1.165, 1.54) is 4.90 Å². The van der Waals surface area contributed by atoms with E-state index in [0.717, 1.165) is 31.8 Å². The molecule has 2 unspecified atom stereocenters. The number of piperidine rings is 1. The average Bonchev–Trinajstić information content (AvgIpc) is 3.09. The second-order valence-corrected chi connectivity index (χ2v) is 7.97. The molecule has 3 saturated heterocycles. The Kier molecular flexibility index (Phi) is 4.59. The standard InChI is InChI=1S/C14H21N5O6S/c20-14-18-8-10(19(14)25-26(21,22)23)4-5-11(18)13-17-16-12(24-13)3-1-2-9-6-15-7-9/h9-11,15H,1-8H2,(H,21,22,23). The molecule has 3 aliphatic heterocycles. The fourth-order valence-corrected chi connectivity index (χ4v) is 4.07. The fourth-order valence-electron chi connectivity index (χ4n) is 3.69. The topological polar surface area (TPSA) is 138 Å². The van der Waals surface area contributed by atoms with Crippen LogP contribution in [0.1, 0.15) is 43.5 Å². The number of aryl methyl sites for hydroxylation is 1. The molecule has 11 nitrogen and oxygen atoms in total. The van der Waals surface area contributed by atoms with Crippen molar-refractivity contribution >= 4 is 16.4 Å². The zero-order chi connectivity index (χ0) is 18.3. The summed E-state index contributed by atoms with van der Waals surface area (Å²) in [6.07, 6.45) is 3.85. The lowest BCUT2D eigenvalue weighted by molar-refractivity contribution is -0.0317. The van der Waals surface area contributed by atoms with Crippen LogP contribution in [0.3, 0.4) is 0 Å². The van der Waals surface area contributed by atoms with Crippen LogP contribution >= 0.6 is 0 Å². The lowest BCUT2D eigenvalue weighted by Crippen LogP contribution is -2.41. The van der Waals surface area contributed by atoms with Crippen LogP contribution in [0.4, 0.5) is 4.79 Å². The van der Waals surface area contributed by atoms with Crippen LogP contribution < -0.4 is 5.32 Å². The summed E-state index contributed by atoms with van der Waals surface area (Å²) in [6, 6.07) is -1.47. The fraction of sp³-hybridized carbons (Fsp3) is 0.786. The Hall–Kier alpha value is -1.76. The van der Waals surface area contributed by atoms with Gasteiger partial charge in [0.15, 0.2) is 0 Å². The van der Waals surface area contributed by atoms with E-state index in [1.807, 2.05) is 0 Å². The Morgan fingerprint density at radius 1 is 1.31 bits per heavy atom. The van der Waals surface area contributed by atoms with Crippen LogP contribution in [-0.4, -0.2) is 64.8 Å². The van der Waals surface area contributed by atoms with Crippen molar-refractivity contribution in [2.75, 3.05) is 19.6 Å². The van der Waals surface area contributed by atoms with Crippen LogP contribution in [0.25, 0.3) is 0 Å². The third-order valence-electron chi connectivity index (χ3n) is 5.13. The average molecular weight is 387 g/mol. The third-order valence-corrected chi connectivity index (χ3v) is 5.48. The number of aromatic nitrogens is 2. The highest BCUT2D eigenvalue weighted by Gasteiger charge is 2.49. The summed E-state index contributed by atoms with van der Waals surface area (Å²) >= 11 is 0. The van der Waals surface area contributed by atoms with Gasteiger partial charge in [0, 0.05) is 13.0 Å². The van der Waals surface area contributed by atoms with Gasteiger partial charge >= 0.3 is 16.4 Å². The predicted molar refractivity (Wildman–Crippen MR) is 85.9 cm³/mol.